The number of carbonyl (C=O) groups is 1. The van der Waals surface area contributed by atoms with Crippen LogP contribution in [0.5, 0.6) is 5.75 Å². The van der Waals surface area contributed by atoms with Gasteiger partial charge >= 0.3 is 0 Å². The minimum absolute atomic E-state index is 0.0270. The molecule has 0 bridgehead atoms. The van der Waals surface area contributed by atoms with E-state index in [0.717, 1.165) is 0 Å². The number of Topliss-reactive ketones (excluding diaryl/α,β-unsaturated/α-hetero) is 1. The molecule has 2 aromatic rings. The Bertz CT molecular complexity index is 983. The van der Waals surface area contributed by atoms with Crippen molar-refractivity contribution in [1.82, 2.24) is 4.31 Å². The van der Waals surface area contributed by atoms with Gasteiger partial charge in [0.05, 0.1) is 35.9 Å². The van der Waals surface area contributed by atoms with E-state index >= 15 is 0 Å². The largest absolute Gasteiger partial charge is 0.492 e. The van der Waals surface area contributed by atoms with Crippen molar-refractivity contribution in [1.29, 1.82) is 0 Å². The molecule has 3 rings (SSSR count). The van der Waals surface area contributed by atoms with Gasteiger partial charge < -0.3 is 14.8 Å². The Kier molecular flexibility index (Phi) is 7.12. The molecule has 2 atom stereocenters. The molecule has 1 aliphatic heterocycles. The Morgan fingerprint density at radius 1 is 1.13 bits per heavy atom. The van der Waals surface area contributed by atoms with Gasteiger partial charge in [-0.05, 0) is 45.0 Å². The molecule has 2 aromatic carbocycles. The van der Waals surface area contributed by atoms with Crippen LogP contribution in [-0.2, 0) is 14.8 Å². The molecule has 0 radical (unpaired) electrons. The van der Waals surface area contributed by atoms with Crippen LogP contribution in [0.4, 0.5) is 5.69 Å². The summed E-state index contributed by atoms with van der Waals surface area (Å²) in [7, 11) is -3.70. The molecule has 1 fully saturated rings. The van der Waals surface area contributed by atoms with Crippen LogP contribution in [0.2, 0.25) is 0 Å². The number of rotatable bonds is 8. The van der Waals surface area contributed by atoms with E-state index in [1.165, 1.54) is 16.4 Å². The van der Waals surface area contributed by atoms with Gasteiger partial charge in [0.25, 0.3) is 0 Å². The summed E-state index contributed by atoms with van der Waals surface area (Å²) < 4.78 is 38.8. The van der Waals surface area contributed by atoms with Crippen molar-refractivity contribution in [2.45, 2.75) is 37.9 Å². The summed E-state index contributed by atoms with van der Waals surface area (Å²) in [5, 5.41) is 3.08. The van der Waals surface area contributed by atoms with Gasteiger partial charge in [-0.1, -0.05) is 24.3 Å². The Morgan fingerprint density at radius 3 is 2.53 bits per heavy atom. The first kappa shape index (κ1) is 22.3. The number of morpholine rings is 1. The number of hydrogen-bond acceptors (Lipinski definition) is 6. The summed E-state index contributed by atoms with van der Waals surface area (Å²) in [6.07, 6.45) is -0.356. The molecule has 1 N–H and O–H groups in total. The second-order valence-electron chi connectivity index (χ2n) is 7.31. The maximum Gasteiger partial charge on any atom is 0.243 e. The van der Waals surface area contributed by atoms with E-state index in [0.29, 0.717) is 36.7 Å². The molecular formula is C22H28N2O5S. The molecule has 162 valence electrons. The standard InChI is InChI=1S/C22H28N2O5S/c1-4-28-22-11-6-5-10-20(22)23-13-21(25)18-8-7-9-19(12-18)30(26,27)24-14-16(2)29-17(3)15-24/h5-12,16-17,23H,4,13-15H2,1-3H3. The third-order valence-corrected chi connectivity index (χ3v) is 6.63. The summed E-state index contributed by atoms with van der Waals surface area (Å²) in [6, 6.07) is 13.6. The van der Waals surface area contributed by atoms with Crippen molar-refractivity contribution in [2.24, 2.45) is 0 Å². The highest BCUT2D eigenvalue weighted by atomic mass is 32.2. The van der Waals surface area contributed by atoms with Crippen molar-refractivity contribution < 1.29 is 22.7 Å². The fourth-order valence-corrected chi connectivity index (χ4v) is 5.11. The molecule has 1 aliphatic rings. The Morgan fingerprint density at radius 2 is 1.83 bits per heavy atom. The van der Waals surface area contributed by atoms with E-state index in [4.69, 9.17) is 9.47 Å². The third kappa shape index (κ3) is 5.19. The molecule has 8 heteroatoms. The molecule has 7 nitrogen and oxygen atoms in total. The van der Waals surface area contributed by atoms with Crippen LogP contribution in [0.15, 0.2) is 53.4 Å². The summed E-state index contributed by atoms with van der Waals surface area (Å²) in [5.74, 6) is 0.460. The first-order chi connectivity index (χ1) is 14.3. The summed E-state index contributed by atoms with van der Waals surface area (Å²) in [5.41, 5.74) is 1.06. The fourth-order valence-electron chi connectivity index (χ4n) is 3.48. The highest BCUT2D eigenvalue weighted by Gasteiger charge is 2.32. The van der Waals surface area contributed by atoms with E-state index < -0.39 is 10.0 Å². The van der Waals surface area contributed by atoms with Gasteiger partial charge in [-0.3, -0.25) is 4.79 Å². The number of para-hydroxylation sites is 2. The number of anilines is 1. The molecule has 0 amide bonds. The van der Waals surface area contributed by atoms with Gasteiger partial charge in [-0.25, -0.2) is 8.42 Å². The highest BCUT2D eigenvalue weighted by molar-refractivity contribution is 7.89. The number of ketones is 1. The van der Waals surface area contributed by atoms with Gasteiger partial charge in [0.15, 0.2) is 5.78 Å². The zero-order valence-electron chi connectivity index (χ0n) is 17.5. The lowest BCUT2D eigenvalue weighted by Gasteiger charge is -2.34. The van der Waals surface area contributed by atoms with Crippen molar-refractivity contribution in [2.75, 3.05) is 31.6 Å². The number of hydrogen-bond donors (Lipinski definition) is 1. The monoisotopic (exact) mass is 432 g/mol. The topological polar surface area (TPSA) is 84.9 Å². The Labute approximate surface area is 178 Å². The number of benzene rings is 2. The number of carbonyl (C=O) groups excluding carboxylic acids is 1. The predicted molar refractivity (Wildman–Crippen MR) is 116 cm³/mol. The molecule has 1 heterocycles. The summed E-state index contributed by atoms with van der Waals surface area (Å²) >= 11 is 0. The van der Waals surface area contributed by atoms with Gasteiger partial charge in [0.1, 0.15) is 5.75 Å². The minimum atomic E-state index is -3.70. The third-order valence-electron chi connectivity index (χ3n) is 4.81. The zero-order chi connectivity index (χ0) is 21.7. The highest BCUT2D eigenvalue weighted by Crippen LogP contribution is 2.24. The minimum Gasteiger partial charge on any atom is -0.492 e. The van der Waals surface area contributed by atoms with Gasteiger partial charge in [-0.2, -0.15) is 4.31 Å². The zero-order valence-corrected chi connectivity index (χ0v) is 18.3. The van der Waals surface area contributed by atoms with E-state index in [2.05, 4.69) is 5.32 Å². The fraction of sp³-hybridized carbons (Fsp3) is 0.409. The first-order valence-electron chi connectivity index (χ1n) is 10.1. The normalized spacial score (nSPS) is 20.0. The van der Waals surface area contributed by atoms with Gasteiger partial charge in [0.2, 0.25) is 10.0 Å². The van der Waals surface area contributed by atoms with E-state index in [-0.39, 0.29) is 29.4 Å². The van der Waals surface area contributed by atoms with Gasteiger partial charge in [-0.15, -0.1) is 0 Å². The number of ether oxygens (including phenoxy) is 2. The molecule has 30 heavy (non-hydrogen) atoms. The predicted octanol–water partition coefficient (Wildman–Crippen LogP) is 3.18. The quantitative estimate of drug-likeness (QED) is 0.645. The molecule has 2 unspecified atom stereocenters. The Hall–Kier alpha value is -2.42. The average molecular weight is 433 g/mol. The van der Waals surface area contributed by atoms with E-state index in [9.17, 15) is 13.2 Å². The second-order valence-corrected chi connectivity index (χ2v) is 9.25. The van der Waals surface area contributed by atoms with E-state index in [1.54, 1.807) is 12.1 Å². The maximum atomic E-state index is 13.1. The first-order valence-corrected chi connectivity index (χ1v) is 11.5. The molecular weight excluding hydrogens is 404 g/mol. The molecule has 0 aromatic heterocycles. The lowest BCUT2D eigenvalue weighted by molar-refractivity contribution is -0.0440. The van der Waals surface area contributed by atoms with E-state index in [1.807, 2.05) is 45.0 Å². The summed E-state index contributed by atoms with van der Waals surface area (Å²) in [6.45, 7) is 6.73. The van der Waals surface area contributed by atoms with Crippen molar-refractivity contribution in [3.05, 3.63) is 54.1 Å². The number of nitrogens with one attached hydrogen (secondary N) is 1. The maximum absolute atomic E-state index is 13.1. The molecule has 0 spiro atoms. The average Bonchev–Trinajstić information content (AvgIpc) is 2.72. The SMILES string of the molecule is CCOc1ccccc1NCC(=O)c1cccc(S(=O)(=O)N2CC(C)OC(C)C2)c1. The van der Waals surface area contributed by atoms with Crippen LogP contribution in [-0.4, -0.2) is 57.0 Å². The molecule has 0 saturated carbocycles. The van der Waals surface area contributed by atoms with Crippen LogP contribution >= 0.6 is 0 Å². The van der Waals surface area contributed by atoms with Crippen LogP contribution in [0.1, 0.15) is 31.1 Å². The molecule has 1 saturated heterocycles. The van der Waals surface area contributed by atoms with Crippen molar-refractivity contribution in [3.63, 3.8) is 0 Å². The smallest absolute Gasteiger partial charge is 0.243 e. The van der Waals surface area contributed by atoms with Crippen LogP contribution in [0.25, 0.3) is 0 Å². The second kappa shape index (κ2) is 9.59. The number of sulfonamides is 1. The lowest BCUT2D eigenvalue weighted by Crippen LogP contribution is -2.48. The number of nitrogens with zero attached hydrogens (tertiary/aromatic N) is 1. The van der Waals surface area contributed by atoms with Crippen molar-refractivity contribution >= 4 is 21.5 Å². The summed E-state index contributed by atoms with van der Waals surface area (Å²) in [4.78, 5) is 12.8. The Balaban J connectivity index is 1.74. The van der Waals surface area contributed by atoms with Gasteiger partial charge in [0, 0.05) is 18.7 Å². The van der Waals surface area contributed by atoms with Crippen LogP contribution < -0.4 is 10.1 Å². The van der Waals surface area contributed by atoms with Crippen LogP contribution in [0, 0.1) is 0 Å². The lowest BCUT2D eigenvalue weighted by atomic mass is 10.1. The van der Waals surface area contributed by atoms with Crippen LogP contribution in [0.3, 0.4) is 0 Å². The van der Waals surface area contributed by atoms with Crippen molar-refractivity contribution in [3.8, 4) is 5.75 Å². The molecule has 0 aliphatic carbocycles.